The molecule has 35 heavy (non-hydrogen) atoms. The Morgan fingerprint density at radius 3 is 2.17 bits per heavy atom. The molecule has 1 unspecified atom stereocenters. The van der Waals surface area contributed by atoms with Crippen molar-refractivity contribution in [1.82, 2.24) is 0 Å². The Kier molecular flexibility index (Phi) is 10.9. The molecule has 0 saturated carbocycles. The highest BCUT2D eigenvalue weighted by atomic mass is 19.3. The number of alkyl halides is 2. The molecule has 0 fully saturated rings. The maximum Gasteiger partial charge on any atom is 0.229 e. The third-order valence-corrected chi connectivity index (χ3v) is 5.94. The molecule has 0 radical (unpaired) electrons. The summed E-state index contributed by atoms with van der Waals surface area (Å²) in [4.78, 5) is 13.8. The molecule has 3 aromatic rings. The fourth-order valence-electron chi connectivity index (χ4n) is 4.26. The van der Waals surface area contributed by atoms with E-state index in [2.05, 4.69) is 104 Å². The summed E-state index contributed by atoms with van der Waals surface area (Å²) in [6.07, 6.45) is 12.6. The van der Waals surface area contributed by atoms with Gasteiger partial charge in [-0.2, -0.15) is 0 Å². The van der Waals surface area contributed by atoms with Crippen LogP contribution in [0, 0.1) is 12.8 Å². The molecule has 0 N–H and O–H groups in total. The minimum Gasteiger partial charge on any atom is -0.360 e. The standard InChI is InChI=1S/C28H29NO.C2H2.CH2F2/c1-20(2)23-14-16-26(17-15-23)29-19-18-24-6-4-5-7-27(24)28(29)25-12-10-22(11-13-25)9-8-21(3)30;1-2;2-1-3/h4-17,20,28H,18-19H2,1-3H3;1-2H;1H2/b9-8+;;. The van der Waals surface area contributed by atoms with Gasteiger partial charge in [0.1, 0.15) is 0 Å². The van der Waals surface area contributed by atoms with Gasteiger partial charge in [-0.1, -0.05) is 80.6 Å². The molecule has 0 bridgehead atoms. The molecule has 0 amide bonds. The van der Waals surface area contributed by atoms with Gasteiger partial charge in [-0.25, -0.2) is 8.78 Å². The Morgan fingerprint density at radius 2 is 1.60 bits per heavy atom. The van der Waals surface area contributed by atoms with Crippen LogP contribution in [0.2, 0.25) is 0 Å². The van der Waals surface area contributed by atoms with E-state index >= 15 is 0 Å². The van der Waals surface area contributed by atoms with Gasteiger partial charge in [0.2, 0.25) is 6.93 Å². The number of nitrogens with zero attached hydrogens (tertiary/aromatic N) is 1. The first-order valence-corrected chi connectivity index (χ1v) is 11.6. The van der Waals surface area contributed by atoms with Crippen LogP contribution in [0.15, 0.2) is 78.9 Å². The number of carbonyl (C=O) groups is 1. The summed E-state index contributed by atoms with van der Waals surface area (Å²) >= 11 is 0. The van der Waals surface area contributed by atoms with Crippen molar-refractivity contribution in [2.45, 2.75) is 39.2 Å². The Bertz CT molecular complexity index is 1110. The van der Waals surface area contributed by atoms with Crippen molar-refractivity contribution in [1.29, 1.82) is 0 Å². The van der Waals surface area contributed by atoms with E-state index in [4.69, 9.17) is 0 Å². The lowest BCUT2D eigenvalue weighted by molar-refractivity contribution is -0.112. The van der Waals surface area contributed by atoms with Gasteiger partial charge in [-0.15, -0.1) is 12.8 Å². The van der Waals surface area contributed by atoms with E-state index in [1.165, 1.54) is 27.9 Å². The van der Waals surface area contributed by atoms with E-state index in [0.717, 1.165) is 18.5 Å². The number of anilines is 1. The minimum atomic E-state index is -1.75. The van der Waals surface area contributed by atoms with Crippen LogP contribution in [0.1, 0.15) is 60.5 Å². The first kappa shape index (κ1) is 27.5. The van der Waals surface area contributed by atoms with Gasteiger partial charge >= 0.3 is 0 Å². The van der Waals surface area contributed by atoms with Crippen LogP contribution in [-0.2, 0) is 11.2 Å². The summed E-state index contributed by atoms with van der Waals surface area (Å²) in [5, 5.41) is 0. The fourth-order valence-corrected chi connectivity index (χ4v) is 4.26. The van der Waals surface area contributed by atoms with Gasteiger partial charge < -0.3 is 4.90 Å². The number of hydrogen-bond acceptors (Lipinski definition) is 2. The van der Waals surface area contributed by atoms with Crippen molar-refractivity contribution < 1.29 is 13.6 Å². The molecular formula is C31H33F2NO. The number of terminal acetylenes is 1. The summed E-state index contributed by atoms with van der Waals surface area (Å²) in [5.41, 5.74) is 7.76. The van der Waals surface area contributed by atoms with E-state index in [9.17, 15) is 13.6 Å². The number of hydrogen-bond donors (Lipinski definition) is 0. The lowest BCUT2D eigenvalue weighted by Crippen LogP contribution is -2.36. The van der Waals surface area contributed by atoms with Gasteiger partial charge in [-0.3, -0.25) is 4.79 Å². The number of halogens is 2. The molecule has 3 aromatic carbocycles. The highest BCUT2D eigenvalue weighted by Crippen LogP contribution is 2.38. The van der Waals surface area contributed by atoms with E-state index in [0.29, 0.717) is 5.92 Å². The monoisotopic (exact) mass is 473 g/mol. The molecule has 1 aliphatic heterocycles. The lowest BCUT2D eigenvalue weighted by atomic mass is 9.87. The Balaban J connectivity index is 0.000000803. The largest absolute Gasteiger partial charge is 0.360 e. The second kappa shape index (κ2) is 13.9. The Hall–Kier alpha value is -3.71. The molecule has 0 saturated heterocycles. The molecule has 0 aliphatic carbocycles. The SMILES string of the molecule is C#C.CC(=O)/C=C/c1ccc(C2c3ccccc3CCN2c2ccc(C(C)C)cc2)cc1.FCF. The summed E-state index contributed by atoms with van der Waals surface area (Å²) < 4.78 is 19.2. The van der Waals surface area contributed by atoms with Crippen LogP contribution in [0.5, 0.6) is 0 Å². The smallest absolute Gasteiger partial charge is 0.229 e. The average molecular weight is 474 g/mol. The van der Waals surface area contributed by atoms with Crippen LogP contribution < -0.4 is 4.90 Å². The molecule has 2 nitrogen and oxygen atoms in total. The second-order valence-corrected chi connectivity index (χ2v) is 8.50. The van der Waals surface area contributed by atoms with Crippen LogP contribution >= 0.6 is 0 Å². The van der Waals surface area contributed by atoms with Gasteiger partial charge in [0.15, 0.2) is 5.78 Å². The summed E-state index contributed by atoms with van der Waals surface area (Å²) in [5.74, 6) is 0.601. The molecule has 1 atom stereocenters. The third kappa shape index (κ3) is 7.39. The molecule has 0 spiro atoms. The fraction of sp³-hybridized carbons (Fsp3) is 0.258. The van der Waals surface area contributed by atoms with Crippen molar-refractivity contribution in [2.24, 2.45) is 0 Å². The first-order valence-electron chi connectivity index (χ1n) is 11.6. The number of allylic oxidation sites excluding steroid dienone is 1. The predicted molar refractivity (Wildman–Crippen MR) is 143 cm³/mol. The van der Waals surface area contributed by atoms with Gasteiger partial charge in [0.05, 0.1) is 6.04 Å². The van der Waals surface area contributed by atoms with Crippen molar-refractivity contribution in [3.05, 3.63) is 107 Å². The second-order valence-electron chi connectivity index (χ2n) is 8.50. The molecule has 4 rings (SSSR count). The normalized spacial score (nSPS) is 14.4. The average Bonchev–Trinajstić information content (AvgIpc) is 2.89. The number of benzene rings is 3. The van der Waals surface area contributed by atoms with Crippen LogP contribution in [-0.4, -0.2) is 19.3 Å². The van der Waals surface area contributed by atoms with E-state index < -0.39 is 6.93 Å². The molecule has 0 aromatic heterocycles. The lowest BCUT2D eigenvalue weighted by Gasteiger charge is -2.39. The summed E-state index contributed by atoms with van der Waals surface area (Å²) in [6.45, 7) is 5.29. The van der Waals surface area contributed by atoms with E-state index in [-0.39, 0.29) is 11.8 Å². The zero-order chi connectivity index (χ0) is 25.8. The zero-order valence-electron chi connectivity index (χ0n) is 20.6. The molecule has 1 heterocycles. The maximum atomic E-state index is 11.2. The van der Waals surface area contributed by atoms with Gasteiger partial charge in [-0.05, 0) is 65.3 Å². The zero-order valence-corrected chi connectivity index (χ0v) is 20.6. The number of rotatable bonds is 5. The maximum absolute atomic E-state index is 11.2. The Morgan fingerprint density at radius 1 is 1.00 bits per heavy atom. The first-order chi connectivity index (χ1) is 16.9. The highest BCUT2D eigenvalue weighted by molar-refractivity contribution is 5.91. The van der Waals surface area contributed by atoms with Gasteiger partial charge in [0.25, 0.3) is 0 Å². The number of ketones is 1. The van der Waals surface area contributed by atoms with E-state index in [1.54, 1.807) is 13.0 Å². The predicted octanol–water partition coefficient (Wildman–Crippen LogP) is 7.70. The third-order valence-electron chi connectivity index (χ3n) is 5.94. The number of carbonyl (C=O) groups excluding carboxylic acids is 1. The number of fused-ring (bicyclic) bond motifs is 1. The minimum absolute atomic E-state index is 0.0660. The topological polar surface area (TPSA) is 20.3 Å². The van der Waals surface area contributed by atoms with E-state index in [1.807, 2.05) is 6.08 Å². The summed E-state index contributed by atoms with van der Waals surface area (Å²) in [7, 11) is 0. The van der Waals surface area contributed by atoms with Crippen molar-refractivity contribution >= 4 is 17.5 Å². The van der Waals surface area contributed by atoms with Crippen molar-refractivity contribution in [2.75, 3.05) is 18.4 Å². The molecule has 1 aliphatic rings. The summed E-state index contributed by atoms with van der Waals surface area (Å²) in [6, 6.07) is 26.6. The Labute approximate surface area is 208 Å². The van der Waals surface area contributed by atoms with Crippen LogP contribution in [0.4, 0.5) is 14.5 Å². The molecular weight excluding hydrogens is 440 g/mol. The van der Waals surface area contributed by atoms with Crippen molar-refractivity contribution in [3.8, 4) is 12.8 Å². The molecule has 182 valence electrons. The van der Waals surface area contributed by atoms with Crippen LogP contribution in [0.3, 0.4) is 0 Å². The van der Waals surface area contributed by atoms with Crippen molar-refractivity contribution in [3.63, 3.8) is 0 Å². The quantitative estimate of drug-likeness (QED) is 0.280. The molecule has 4 heteroatoms. The highest BCUT2D eigenvalue weighted by Gasteiger charge is 2.28. The van der Waals surface area contributed by atoms with Crippen LogP contribution in [0.25, 0.3) is 6.08 Å². The van der Waals surface area contributed by atoms with Gasteiger partial charge in [0, 0.05) is 12.2 Å².